The normalized spacial score (nSPS) is 19.4. The van der Waals surface area contributed by atoms with E-state index in [1.165, 1.54) is 11.3 Å². The maximum absolute atomic E-state index is 8.93. The number of nitrogens with zero attached hydrogens (tertiary/aromatic N) is 3. The number of hydrogen-bond acceptors (Lipinski definition) is 6. The molecule has 1 saturated heterocycles. The summed E-state index contributed by atoms with van der Waals surface area (Å²) in [4.78, 5) is 5.09. The molecule has 2 aromatic heterocycles. The summed E-state index contributed by atoms with van der Waals surface area (Å²) in [5, 5.41) is 14.7. The SMILES string of the molecule is N#Cc1ccsc1-c1nc(C2CCOC2)no1. The van der Waals surface area contributed by atoms with Crippen LogP contribution in [0.4, 0.5) is 0 Å². The van der Waals surface area contributed by atoms with Gasteiger partial charge in [-0.05, 0) is 17.9 Å². The maximum atomic E-state index is 8.93. The van der Waals surface area contributed by atoms with E-state index in [-0.39, 0.29) is 5.92 Å². The van der Waals surface area contributed by atoms with E-state index >= 15 is 0 Å². The maximum Gasteiger partial charge on any atom is 0.269 e. The topological polar surface area (TPSA) is 71.9 Å². The van der Waals surface area contributed by atoms with Crippen LogP contribution in [-0.2, 0) is 4.74 Å². The third-order valence-electron chi connectivity index (χ3n) is 2.72. The van der Waals surface area contributed by atoms with Crippen molar-refractivity contribution < 1.29 is 9.26 Å². The van der Waals surface area contributed by atoms with Gasteiger partial charge >= 0.3 is 0 Å². The number of hydrogen-bond donors (Lipinski definition) is 0. The van der Waals surface area contributed by atoms with Crippen molar-refractivity contribution in [3.05, 3.63) is 22.8 Å². The van der Waals surface area contributed by atoms with Crippen molar-refractivity contribution in [2.45, 2.75) is 12.3 Å². The van der Waals surface area contributed by atoms with Crippen LogP contribution in [0.2, 0.25) is 0 Å². The fourth-order valence-electron chi connectivity index (χ4n) is 1.79. The molecule has 1 unspecified atom stereocenters. The first-order valence-electron chi connectivity index (χ1n) is 5.28. The van der Waals surface area contributed by atoms with Gasteiger partial charge in [-0.2, -0.15) is 10.2 Å². The predicted molar refractivity (Wildman–Crippen MR) is 60.5 cm³/mol. The van der Waals surface area contributed by atoms with E-state index in [1.54, 1.807) is 6.07 Å². The van der Waals surface area contributed by atoms with E-state index in [0.29, 0.717) is 23.9 Å². The zero-order valence-electron chi connectivity index (χ0n) is 8.92. The first-order valence-corrected chi connectivity index (χ1v) is 6.16. The molecule has 0 aliphatic carbocycles. The molecule has 6 heteroatoms. The third kappa shape index (κ3) is 1.84. The minimum Gasteiger partial charge on any atom is -0.381 e. The number of thiophene rings is 1. The molecule has 1 aliphatic heterocycles. The lowest BCUT2D eigenvalue weighted by molar-refractivity contribution is 0.192. The van der Waals surface area contributed by atoms with E-state index in [4.69, 9.17) is 14.5 Å². The van der Waals surface area contributed by atoms with Crippen LogP contribution >= 0.6 is 11.3 Å². The second kappa shape index (κ2) is 4.28. The van der Waals surface area contributed by atoms with Crippen molar-refractivity contribution in [3.63, 3.8) is 0 Å². The van der Waals surface area contributed by atoms with Gasteiger partial charge < -0.3 is 9.26 Å². The minimum absolute atomic E-state index is 0.220. The Bertz CT molecular complexity index is 563. The van der Waals surface area contributed by atoms with Gasteiger partial charge in [0.05, 0.1) is 12.2 Å². The highest BCUT2D eigenvalue weighted by Crippen LogP contribution is 2.30. The molecule has 0 N–H and O–H groups in total. The van der Waals surface area contributed by atoms with Crippen molar-refractivity contribution in [2.24, 2.45) is 0 Å². The van der Waals surface area contributed by atoms with Crippen molar-refractivity contribution in [1.82, 2.24) is 10.1 Å². The first kappa shape index (κ1) is 10.4. The fourth-order valence-corrected chi connectivity index (χ4v) is 2.56. The highest BCUT2D eigenvalue weighted by atomic mass is 32.1. The molecular weight excluding hydrogens is 238 g/mol. The molecule has 0 spiro atoms. The Morgan fingerprint density at radius 3 is 3.24 bits per heavy atom. The predicted octanol–water partition coefficient (Wildman–Crippen LogP) is 2.17. The second-order valence-corrected chi connectivity index (χ2v) is 4.71. The number of ether oxygens (including phenoxy) is 1. The molecule has 86 valence electrons. The van der Waals surface area contributed by atoms with Crippen LogP contribution in [0, 0.1) is 11.3 Å². The van der Waals surface area contributed by atoms with E-state index in [1.807, 2.05) is 5.38 Å². The summed E-state index contributed by atoms with van der Waals surface area (Å²) in [6.07, 6.45) is 0.925. The Kier molecular flexibility index (Phi) is 2.63. The molecule has 3 heterocycles. The van der Waals surface area contributed by atoms with Crippen molar-refractivity contribution in [2.75, 3.05) is 13.2 Å². The molecule has 1 aliphatic rings. The van der Waals surface area contributed by atoms with E-state index in [9.17, 15) is 0 Å². The monoisotopic (exact) mass is 247 g/mol. The van der Waals surface area contributed by atoms with Crippen LogP contribution in [-0.4, -0.2) is 23.4 Å². The molecule has 5 nitrogen and oxygen atoms in total. The highest BCUT2D eigenvalue weighted by Gasteiger charge is 2.24. The largest absolute Gasteiger partial charge is 0.381 e. The Balaban J connectivity index is 1.92. The van der Waals surface area contributed by atoms with E-state index < -0.39 is 0 Å². The summed E-state index contributed by atoms with van der Waals surface area (Å²) in [7, 11) is 0. The summed E-state index contributed by atoms with van der Waals surface area (Å²) >= 11 is 1.43. The van der Waals surface area contributed by atoms with Gasteiger partial charge in [-0.1, -0.05) is 5.16 Å². The molecular formula is C11H9N3O2S. The minimum atomic E-state index is 0.220. The lowest BCUT2D eigenvalue weighted by Gasteiger charge is -1.97. The van der Waals surface area contributed by atoms with Crippen LogP contribution in [0.3, 0.4) is 0 Å². The summed E-state index contributed by atoms with van der Waals surface area (Å²) in [6, 6.07) is 3.86. The highest BCUT2D eigenvalue weighted by molar-refractivity contribution is 7.13. The van der Waals surface area contributed by atoms with Crippen LogP contribution in [0.5, 0.6) is 0 Å². The number of nitriles is 1. The van der Waals surface area contributed by atoms with Crippen LogP contribution < -0.4 is 0 Å². The van der Waals surface area contributed by atoms with Gasteiger partial charge in [0.1, 0.15) is 10.9 Å². The average Bonchev–Trinajstić information content (AvgIpc) is 3.09. The second-order valence-electron chi connectivity index (χ2n) is 3.79. The van der Waals surface area contributed by atoms with Gasteiger partial charge in [-0.25, -0.2) is 0 Å². The Morgan fingerprint density at radius 2 is 2.47 bits per heavy atom. The van der Waals surface area contributed by atoms with Gasteiger partial charge in [0.2, 0.25) is 0 Å². The molecule has 2 aromatic rings. The van der Waals surface area contributed by atoms with Crippen LogP contribution in [0.25, 0.3) is 10.8 Å². The first-order chi connectivity index (χ1) is 8.38. The molecule has 17 heavy (non-hydrogen) atoms. The van der Waals surface area contributed by atoms with Crippen LogP contribution in [0.1, 0.15) is 23.7 Å². The van der Waals surface area contributed by atoms with Gasteiger partial charge in [-0.15, -0.1) is 11.3 Å². The van der Waals surface area contributed by atoms with Crippen molar-refractivity contribution >= 4 is 11.3 Å². The summed E-state index contributed by atoms with van der Waals surface area (Å²) in [5.41, 5.74) is 0.577. The zero-order valence-corrected chi connectivity index (χ0v) is 9.74. The Labute approximate surface area is 102 Å². The third-order valence-corrected chi connectivity index (χ3v) is 3.62. The van der Waals surface area contributed by atoms with Gasteiger partial charge in [-0.3, -0.25) is 0 Å². The van der Waals surface area contributed by atoms with Crippen molar-refractivity contribution in [1.29, 1.82) is 5.26 Å². The Morgan fingerprint density at radius 1 is 1.53 bits per heavy atom. The summed E-state index contributed by atoms with van der Waals surface area (Å²) < 4.78 is 10.5. The molecule has 0 radical (unpaired) electrons. The van der Waals surface area contributed by atoms with Gasteiger partial charge in [0, 0.05) is 12.5 Å². The number of rotatable bonds is 2. The molecule has 0 bridgehead atoms. The molecule has 1 fully saturated rings. The smallest absolute Gasteiger partial charge is 0.269 e. The van der Waals surface area contributed by atoms with Crippen LogP contribution in [0.15, 0.2) is 16.0 Å². The lowest BCUT2D eigenvalue weighted by Crippen LogP contribution is -1.99. The molecule has 0 amide bonds. The summed E-state index contributed by atoms with van der Waals surface area (Å²) in [6.45, 7) is 1.39. The lowest BCUT2D eigenvalue weighted by atomic mass is 10.1. The fraction of sp³-hybridized carbons (Fsp3) is 0.364. The number of aromatic nitrogens is 2. The molecule has 0 aromatic carbocycles. The van der Waals surface area contributed by atoms with Crippen molar-refractivity contribution in [3.8, 4) is 16.8 Å². The molecule has 1 atom stereocenters. The standard InChI is InChI=1S/C11H9N3O2S/c12-5-7-2-4-17-9(7)11-13-10(14-16-11)8-1-3-15-6-8/h2,4,8H,1,3,6H2. The van der Waals surface area contributed by atoms with Gasteiger partial charge in [0.15, 0.2) is 5.82 Å². The molecule has 3 rings (SSSR count). The Hall–Kier alpha value is -1.71. The van der Waals surface area contributed by atoms with Gasteiger partial charge in [0.25, 0.3) is 5.89 Å². The zero-order chi connectivity index (χ0) is 11.7. The quantitative estimate of drug-likeness (QED) is 0.813. The van der Waals surface area contributed by atoms with E-state index in [2.05, 4.69) is 16.2 Å². The summed E-state index contributed by atoms with van der Waals surface area (Å²) in [5.74, 6) is 1.33. The van der Waals surface area contributed by atoms with E-state index in [0.717, 1.165) is 17.9 Å². The molecule has 0 saturated carbocycles. The average molecular weight is 247 g/mol.